The summed E-state index contributed by atoms with van der Waals surface area (Å²) >= 11 is 0. The van der Waals surface area contributed by atoms with Crippen molar-refractivity contribution < 1.29 is 9.59 Å². The van der Waals surface area contributed by atoms with E-state index in [0.717, 1.165) is 16.3 Å². The number of rotatable bonds is 4. The van der Waals surface area contributed by atoms with Gasteiger partial charge in [0.15, 0.2) is 5.96 Å². The van der Waals surface area contributed by atoms with Crippen molar-refractivity contribution in [1.82, 2.24) is 5.32 Å². The molecule has 0 aliphatic carbocycles. The lowest BCUT2D eigenvalue weighted by atomic mass is 10.1. The van der Waals surface area contributed by atoms with Crippen LogP contribution in [0, 0.1) is 0 Å². The van der Waals surface area contributed by atoms with E-state index in [9.17, 15) is 9.59 Å². The average molecular weight is 375 g/mol. The highest BCUT2D eigenvalue weighted by molar-refractivity contribution is 6.02. The Morgan fingerprint density at radius 3 is 2.25 bits per heavy atom. The molecule has 7 heteroatoms. The fourth-order valence-corrected chi connectivity index (χ4v) is 2.76. The van der Waals surface area contributed by atoms with E-state index in [1.165, 1.54) is 6.92 Å². The Bertz CT molecular complexity index is 1020. The standard InChI is InChI=1S/C21H21N5O2/c1-14(27)24-17-9-11-18(12-10-17)25-21(28)26-20(22)23-13-16-7-4-6-15-5-2-3-8-19(15)16/h2-12H,13H2,1H3,(H,24,27)(H4,22,23,25,26,28). The lowest BCUT2D eigenvalue weighted by Gasteiger charge is -2.09. The van der Waals surface area contributed by atoms with E-state index < -0.39 is 6.03 Å². The van der Waals surface area contributed by atoms with Gasteiger partial charge in [-0.2, -0.15) is 0 Å². The molecule has 7 nitrogen and oxygen atoms in total. The summed E-state index contributed by atoms with van der Waals surface area (Å²) in [6.07, 6.45) is 0. The highest BCUT2D eigenvalue weighted by Gasteiger charge is 2.05. The third-order valence-electron chi connectivity index (χ3n) is 4.00. The molecule has 142 valence electrons. The molecule has 3 rings (SSSR count). The maximum absolute atomic E-state index is 12.1. The molecule has 3 amide bonds. The zero-order chi connectivity index (χ0) is 19.9. The van der Waals surface area contributed by atoms with Gasteiger partial charge >= 0.3 is 6.03 Å². The van der Waals surface area contributed by atoms with E-state index in [1.54, 1.807) is 24.3 Å². The van der Waals surface area contributed by atoms with E-state index >= 15 is 0 Å². The fraction of sp³-hybridized carbons (Fsp3) is 0.0952. The Balaban J connectivity index is 1.58. The second kappa shape index (κ2) is 8.68. The number of nitrogens with two attached hydrogens (primary N) is 1. The molecule has 3 aromatic rings. The molecule has 0 heterocycles. The summed E-state index contributed by atoms with van der Waals surface area (Å²) in [5, 5.41) is 10.0. The molecule has 28 heavy (non-hydrogen) atoms. The van der Waals surface area contributed by atoms with Crippen molar-refractivity contribution >= 4 is 40.0 Å². The predicted molar refractivity (Wildman–Crippen MR) is 112 cm³/mol. The molecule has 0 saturated heterocycles. The summed E-state index contributed by atoms with van der Waals surface area (Å²) in [4.78, 5) is 27.3. The Labute approximate surface area is 162 Å². The fourth-order valence-electron chi connectivity index (χ4n) is 2.76. The maximum Gasteiger partial charge on any atom is 0.325 e. The average Bonchev–Trinajstić information content (AvgIpc) is 2.67. The van der Waals surface area contributed by atoms with Crippen molar-refractivity contribution in [3.63, 3.8) is 0 Å². The minimum Gasteiger partial charge on any atom is -0.370 e. The molecule has 0 bridgehead atoms. The van der Waals surface area contributed by atoms with Crippen LogP contribution in [-0.2, 0) is 11.3 Å². The van der Waals surface area contributed by atoms with Crippen molar-refractivity contribution in [2.45, 2.75) is 13.5 Å². The van der Waals surface area contributed by atoms with E-state index in [1.807, 2.05) is 42.5 Å². The third-order valence-corrected chi connectivity index (χ3v) is 4.00. The Morgan fingerprint density at radius 1 is 0.893 bits per heavy atom. The molecule has 0 saturated carbocycles. The maximum atomic E-state index is 12.1. The molecule has 0 aromatic heterocycles. The quantitative estimate of drug-likeness (QED) is 0.414. The first-order valence-electron chi connectivity index (χ1n) is 8.73. The highest BCUT2D eigenvalue weighted by atomic mass is 16.2. The number of nitrogens with zero attached hydrogens (tertiary/aromatic N) is 1. The second-order valence-electron chi connectivity index (χ2n) is 6.18. The Kier molecular flexibility index (Phi) is 5.86. The SMILES string of the molecule is CC(=O)Nc1ccc(NC(=O)NC(N)=NCc2cccc3ccccc23)cc1. The Morgan fingerprint density at radius 2 is 1.54 bits per heavy atom. The number of nitrogens with one attached hydrogen (secondary N) is 3. The van der Waals surface area contributed by atoms with Crippen molar-refractivity contribution in [2.24, 2.45) is 10.7 Å². The normalized spacial score (nSPS) is 11.1. The number of hydrogen-bond acceptors (Lipinski definition) is 3. The lowest BCUT2D eigenvalue weighted by Crippen LogP contribution is -2.39. The van der Waals surface area contributed by atoms with E-state index in [2.05, 4.69) is 20.9 Å². The Hall–Kier alpha value is -3.87. The molecule has 3 aromatic carbocycles. The van der Waals surface area contributed by atoms with Gasteiger partial charge in [0.25, 0.3) is 0 Å². The number of fused-ring (bicyclic) bond motifs is 1. The van der Waals surface area contributed by atoms with Crippen LogP contribution >= 0.6 is 0 Å². The van der Waals surface area contributed by atoms with Gasteiger partial charge in [0.05, 0.1) is 6.54 Å². The zero-order valence-electron chi connectivity index (χ0n) is 15.4. The largest absolute Gasteiger partial charge is 0.370 e. The number of carbonyl (C=O) groups is 2. The van der Waals surface area contributed by atoms with Gasteiger partial charge in [0.1, 0.15) is 0 Å². The summed E-state index contributed by atoms with van der Waals surface area (Å²) in [6.45, 7) is 1.79. The van der Waals surface area contributed by atoms with Crippen LogP contribution in [0.5, 0.6) is 0 Å². The summed E-state index contributed by atoms with van der Waals surface area (Å²) in [7, 11) is 0. The van der Waals surface area contributed by atoms with Crippen molar-refractivity contribution in [1.29, 1.82) is 0 Å². The molecule has 0 spiro atoms. The van der Waals surface area contributed by atoms with Gasteiger partial charge in [-0.15, -0.1) is 0 Å². The number of urea groups is 1. The topological polar surface area (TPSA) is 109 Å². The zero-order valence-corrected chi connectivity index (χ0v) is 15.4. The molecular formula is C21H21N5O2. The predicted octanol–water partition coefficient (Wildman–Crippen LogP) is 3.43. The van der Waals surface area contributed by atoms with Crippen LogP contribution in [-0.4, -0.2) is 17.9 Å². The number of amides is 3. The first-order valence-corrected chi connectivity index (χ1v) is 8.73. The van der Waals surface area contributed by atoms with Gasteiger partial charge < -0.3 is 16.4 Å². The molecule has 0 fully saturated rings. The van der Waals surface area contributed by atoms with E-state index in [-0.39, 0.29) is 11.9 Å². The molecule has 0 aliphatic heterocycles. The lowest BCUT2D eigenvalue weighted by molar-refractivity contribution is -0.114. The molecular weight excluding hydrogens is 354 g/mol. The van der Waals surface area contributed by atoms with E-state index in [4.69, 9.17) is 5.73 Å². The van der Waals surface area contributed by atoms with Crippen molar-refractivity contribution in [3.05, 3.63) is 72.3 Å². The van der Waals surface area contributed by atoms with Crippen LogP contribution in [0.15, 0.2) is 71.7 Å². The van der Waals surface area contributed by atoms with Gasteiger partial charge in [-0.25, -0.2) is 9.79 Å². The minimum absolute atomic E-state index is 0.0281. The summed E-state index contributed by atoms with van der Waals surface area (Å²) < 4.78 is 0. The second-order valence-corrected chi connectivity index (χ2v) is 6.18. The van der Waals surface area contributed by atoms with Gasteiger partial charge in [-0.05, 0) is 40.6 Å². The first-order chi connectivity index (χ1) is 13.5. The van der Waals surface area contributed by atoms with Gasteiger partial charge in [0, 0.05) is 18.3 Å². The summed E-state index contributed by atoms with van der Waals surface area (Å²) in [5.41, 5.74) is 8.07. The van der Waals surface area contributed by atoms with Crippen LogP contribution < -0.4 is 21.7 Å². The molecule has 0 aliphatic rings. The monoisotopic (exact) mass is 375 g/mol. The molecule has 0 radical (unpaired) electrons. The van der Waals surface area contributed by atoms with Gasteiger partial charge in [0.2, 0.25) is 5.91 Å². The number of guanidine groups is 1. The van der Waals surface area contributed by atoms with Crippen LogP contribution in [0.3, 0.4) is 0 Å². The molecule has 5 N–H and O–H groups in total. The highest BCUT2D eigenvalue weighted by Crippen LogP contribution is 2.19. The van der Waals surface area contributed by atoms with Crippen LogP contribution in [0.4, 0.5) is 16.2 Å². The van der Waals surface area contributed by atoms with Crippen LogP contribution in [0.2, 0.25) is 0 Å². The minimum atomic E-state index is -0.494. The van der Waals surface area contributed by atoms with Gasteiger partial charge in [-0.1, -0.05) is 42.5 Å². The van der Waals surface area contributed by atoms with Crippen LogP contribution in [0.25, 0.3) is 10.8 Å². The van der Waals surface area contributed by atoms with Crippen molar-refractivity contribution in [2.75, 3.05) is 10.6 Å². The first kappa shape index (κ1) is 18.9. The molecule has 0 unspecified atom stereocenters. The third kappa shape index (κ3) is 5.07. The number of benzene rings is 3. The van der Waals surface area contributed by atoms with Crippen molar-refractivity contribution in [3.8, 4) is 0 Å². The smallest absolute Gasteiger partial charge is 0.325 e. The summed E-state index contributed by atoms with van der Waals surface area (Å²) in [5.74, 6) is -0.131. The van der Waals surface area contributed by atoms with E-state index in [0.29, 0.717) is 17.9 Å². The number of anilines is 2. The molecule has 0 atom stereocenters. The van der Waals surface area contributed by atoms with Crippen LogP contribution in [0.1, 0.15) is 12.5 Å². The summed E-state index contributed by atoms with van der Waals surface area (Å²) in [6, 6.07) is 20.2. The number of aliphatic imine (C=N–C) groups is 1. The number of carbonyl (C=O) groups excluding carboxylic acids is 2. The van der Waals surface area contributed by atoms with Gasteiger partial charge in [-0.3, -0.25) is 10.1 Å². The number of hydrogen-bond donors (Lipinski definition) is 4.